The van der Waals surface area contributed by atoms with Gasteiger partial charge in [0.05, 0.1) is 0 Å². The second-order valence-electron chi connectivity index (χ2n) is 5.89. The molecule has 0 unspecified atom stereocenters. The van der Waals surface area contributed by atoms with Gasteiger partial charge in [-0.05, 0) is 25.2 Å². The first-order valence-corrected chi connectivity index (χ1v) is 8.27. The molecule has 1 aliphatic rings. The summed E-state index contributed by atoms with van der Waals surface area (Å²) < 4.78 is 0. The van der Waals surface area contributed by atoms with E-state index < -0.39 is 0 Å². The van der Waals surface area contributed by atoms with Crippen LogP contribution < -0.4 is 0 Å². The van der Waals surface area contributed by atoms with E-state index in [9.17, 15) is 0 Å². The Balaban J connectivity index is 2.05. The molecule has 0 amide bonds. The summed E-state index contributed by atoms with van der Waals surface area (Å²) in [5, 5.41) is 0. The first-order chi connectivity index (χ1) is 8.43. The van der Waals surface area contributed by atoms with Gasteiger partial charge in [-0.15, -0.1) is 0 Å². The number of hydrogen-bond acceptors (Lipinski definition) is 0. The van der Waals surface area contributed by atoms with Crippen LogP contribution in [0.1, 0.15) is 103 Å². The molecule has 0 heteroatoms. The predicted octanol–water partition coefficient (Wildman–Crippen LogP) is 6.45. The molecule has 1 rings (SSSR count). The molecule has 1 fully saturated rings. The first kappa shape index (κ1) is 15.1. The molecule has 0 aromatic heterocycles. The lowest BCUT2D eigenvalue weighted by Gasteiger charge is -2.17. The monoisotopic (exact) mass is 237 g/mol. The van der Waals surface area contributed by atoms with Crippen molar-refractivity contribution in [3.63, 3.8) is 0 Å². The van der Waals surface area contributed by atoms with Crippen LogP contribution in [0.5, 0.6) is 0 Å². The first-order valence-electron chi connectivity index (χ1n) is 8.27. The van der Waals surface area contributed by atoms with Crippen LogP contribution in [0.4, 0.5) is 0 Å². The standard InChI is InChI=1S/C17H33/c1-2-3-4-8-11-14-17-15-12-9-6-5-7-10-13-16-17/h2-16H2,1H3. The van der Waals surface area contributed by atoms with Gasteiger partial charge in [0, 0.05) is 0 Å². The zero-order chi connectivity index (χ0) is 12.2. The van der Waals surface area contributed by atoms with Gasteiger partial charge in [0.1, 0.15) is 0 Å². The van der Waals surface area contributed by atoms with E-state index in [0.29, 0.717) is 0 Å². The van der Waals surface area contributed by atoms with E-state index in [0.717, 1.165) is 0 Å². The highest BCUT2D eigenvalue weighted by Crippen LogP contribution is 2.27. The van der Waals surface area contributed by atoms with Gasteiger partial charge in [-0.3, -0.25) is 0 Å². The molecule has 1 saturated carbocycles. The van der Waals surface area contributed by atoms with E-state index >= 15 is 0 Å². The molecule has 101 valence electrons. The highest BCUT2D eigenvalue weighted by molar-refractivity contribution is 4.89. The molecule has 0 nitrogen and oxygen atoms in total. The molecule has 0 aliphatic heterocycles. The van der Waals surface area contributed by atoms with Crippen LogP contribution in [0, 0.1) is 5.92 Å². The molecule has 0 aromatic rings. The lowest BCUT2D eigenvalue weighted by molar-refractivity contribution is 0.492. The average molecular weight is 237 g/mol. The van der Waals surface area contributed by atoms with Crippen molar-refractivity contribution in [3.8, 4) is 0 Å². The fourth-order valence-electron chi connectivity index (χ4n) is 2.99. The molecule has 17 heavy (non-hydrogen) atoms. The number of rotatable bonds is 6. The summed E-state index contributed by atoms with van der Waals surface area (Å²) in [5.74, 6) is 1.91. The fraction of sp³-hybridized carbons (Fsp3) is 0.941. The van der Waals surface area contributed by atoms with Crippen LogP contribution in [-0.4, -0.2) is 0 Å². The van der Waals surface area contributed by atoms with Gasteiger partial charge in [-0.25, -0.2) is 0 Å². The van der Waals surface area contributed by atoms with Crippen LogP contribution in [0.15, 0.2) is 0 Å². The highest BCUT2D eigenvalue weighted by Gasteiger charge is 2.10. The quantitative estimate of drug-likeness (QED) is 0.466. The van der Waals surface area contributed by atoms with Crippen LogP contribution >= 0.6 is 0 Å². The van der Waals surface area contributed by atoms with E-state index in [1.807, 2.05) is 5.92 Å². The van der Waals surface area contributed by atoms with Crippen LogP contribution in [-0.2, 0) is 0 Å². The molecule has 0 spiro atoms. The van der Waals surface area contributed by atoms with Crippen molar-refractivity contribution >= 4 is 0 Å². The summed E-state index contributed by atoms with van der Waals surface area (Å²) in [6, 6.07) is 0. The minimum atomic E-state index is 1.37. The zero-order valence-electron chi connectivity index (χ0n) is 12.1. The fourth-order valence-corrected chi connectivity index (χ4v) is 2.99. The highest BCUT2D eigenvalue weighted by atomic mass is 14.2. The SMILES string of the molecule is CCCCCCC[C]1CCCCCCCCC1. The lowest BCUT2D eigenvalue weighted by atomic mass is 9.88. The molecule has 0 atom stereocenters. The Bertz CT molecular complexity index is 140. The maximum Gasteiger partial charge on any atom is -0.0241 e. The normalized spacial score (nSPS) is 20.3. The Kier molecular flexibility index (Phi) is 9.84. The Morgan fingerprint density at radius 2 is 1.18 bits per heavy atom. The van der Waals surface area contributed by atoms with Gasteiger partial charge < -0.3 is 0 Å². The molecule has 0 aromatic carbocycles. The van der Waals surface area contributed by atoms with Crippen molar-refractivity contribution in [1.29, 1.82) is 0 Å². The average Bonchev–Trinajstić information content (AvgIpc) is 2.36. The Morgan fingerprint density at radius 1 is 0.647 bits per heavy atom. The van der Waals surface area contributed by atoms with Gasteiger partial charge in [-0.2, -0.15) is 0 Å². The summed E-state index contributed by atoms with van der Waals surface area (Å²) in [4.78, 5) is 0. The van der Waals surface area contributed by atoms with E-state index in [1.54, 1.807) is 0 Å². The summed E-state index contributed by atoms with van der Waals surface area (Å²) >= 11 is 0. The smallest absolute Gasteiger partial charge is 0.0241 e. The van der Waals surface area contributed by atoms with Crippen molar-refractivity contribution in [1.82, 2.24) is 0 Å². The van der Waals surface area contributed by atoms with Crippen LogP contribution in [0.3, 0.4) is 0 Å². The van der Waals surface area contributed by atoms with E-state index in [1.165, 1.54) is 96.3 Å². The van der Waals surface area contributed by atoms with Gasteiger partial charge in [0.2, 0.25) is 0 Å². The summed E-state index contributed by atoms with van der Waals surface area (Å²) in [7, 11) is 0. The van der Waals surface area contributed by atoms with Gasteiger partial charge in [-0.1, -0.05) is 84.0 Å². The zero-order valence-corrected chi connectivity index (χ0v) is 12.1. The van der Waals surface area contributed by atoms with Crippen molar-refractivity contribution in [2.75, 3.05) is 0 Å². The summed E-state index contributed by atoms with van der Waals surface area (Å²) in [5.41, 5.74) is 0. The summed E-state index contributed by atoms with van der Waals surface area (Å²) in [6.45, 7) is 2.30. The number of hydrogen-bond donors (Lipinski definition) is 0. The molecule has 0 heterocycles. The Hall–Kier alpha value is 0. The Labute approximate surface area is 110 Å². The number of unbranched alkanes of at least 4 members (excludes halogenated alkanes) is 4. The second-order valence-corrected chi connectivity index (χ2v) is 5.89. The van der Waals surface area contributed by atoms with E-state index in [2.05, 4.69) is 6.92 Å². The molecule has 0 saturated heterocycles. The second kappa shape index (κ2) is 11.1. The maximum absolute atomic E-state index is 2.30. The lowest BCUT2D eigenvalue weighted by Crippen LogP contribution is -2.00. The minimum Gasteiger partial charge on any atom is -0.0654 e. The minimum absolute atomic E-state index is 1.37. The Morgan fingerprint density at radius 3 is 1.76 bits per heavy atom. The van der Waals surface area contributed by atoms with Crippen molar-refractivity contribution in [2.45, 2.75) is 103 Å². The topological polar surface area (TPSA) is 0 Å². The van der Waals surface area contributed by atoms with Crippen molar-refractivity contribution in [3.05, 3.63) is 5.92 Å². The van der Waals surface area contributed by atoms with E-state index in [4.69, 9.17) is 0 Å². The largest absolute Gasteiger partial charge is 0.0654 e. The third kappa shape index (κ3) is 8.69. The molecule has 0 N–H and O–H groups in total. The molecule has 1 radical (unpaired) electrons. The third-order valence-corrected chi connectivity index (χ3v) is 4.19. The van der Waals surface area contributed by atoms with Crippen LogP contribution in [0.2, 0.25) is 0 Å². The van der Waals surface area contributed by atoms with E-state index in [-0.39, 0.29) is 0 Å². The van der Waals surface area contributed by atoms with Gasteiger partial charge in [0.25, 0.3) is 0 Å². The molecule has 1 aliphatic carbocycles. The van der Waals surface area contributed by atoms with Gasteiger partial charge in [0.15, 0.2) is 0 Å². The van der Waals surface area contributed by atoms with Gasteiger partial charge >= 0.3 is 0 Å². The third-order valence-electron chi connectivity index (χ3n) is 4.19. The van der Waals surface area contributed by atoms with Crippen molar-refractivity contribution in [2.24, 2.45) is 0 Å². The van der Waals surface area contributed by atoms with Crippen molar-refractivity contribution < 1.29 is 0 Å². The molecular formula is C17H33. The predicted molar refractivity (Wildman–Crippen MR) is 78.2 cm³/mol. The molecule has 0 bridgehead atoms. The maximum atomic E-state index is 2.30. The summed E-state index contributed by atoms with van der Waals surface area (Å²) in [6.07, 6.45) is 22.0. The molecular weight excluding hydrogens is 204 g/mol. The van der Waals surface area contributed by atoms with Crippen LogP contribution in [0.25, 0.3) is 0 Å².